The van der Waals surface area contributed by atoms with Gasteiger partial charge in [-0.2, -0.15) is 5.10 Å². The van der Waals surface area contributed by atoms with E-state index in [1.807, 2.05) is 29.2 Å². The number of hydrogen-bond donors (Lipinski definition) is 2. The van der Waals surface area contributed by atoms with Gasteiger partial charge in [-0.25, -0.2) is 23.5 Å². The normalized spacial score (nSPS) is 16.2. The molecule has 1 saturated heterocycles. The molecule has 2 aliphatic rings. The Hall–Kier alpha value is -5.24. The predicted octanol–water partition coefficient (Wildman–Crippen LogP) is 4.17. The first-order valence-electron chi connectivity index (χ1n) is 14.3. The van der Waals surface area contributed by atoms with Gasteiger partial charge in [-0.3, -0.25) is 14.8 Å². The Balaban J connectivity index is 1.28. The Morgan fingerprint density at radius 3 is 2.44 bits per heavy atom. The minimum Gasteiger partial charge on any atom is -0.378 e. The molecule has 14 heteroatoms. The first kappa shape index (κ1) is 29.8. The van der Waals surface area contributed by atoms with Crippen molar-refractivity contribution in [1.82, 2.24) is 24.9 Å². The minimum atomic E-state index is -1.26. The van der Waals surface area contributed by atoms with E-state index in [0.717, 1.165) is 5.56 Å². The highest BCUT2D eigenvalue weighted by atomic mass is 19.2. The van der Waals surface area contributed by atoms with Crippen molar-refractivity contribution in [2.45, 2.75) is 5.92 Å². The third-order valence-electron chi connectivity index (χ3n) is 7.55. The standard InChI is InChI=1S/C31H31F2N9O3/c1-40(2)30(43)18-4-6-21(7-5-18)36-31(44)38-23-9-8-22(25(32)26(23)33)28-37-24-14-19(20-16-35-41(3)17-20)15-34-27(24)29(39-28)42-10-12-45-13-11-42/h4-9,14-16,20H,10-13,17H2,1-3H3,(H2,36,38,44). The van der Waals surface area contributed by atoms with Gasteiger partial charge in [0.15, 0.2) is 23.3 Å². The van der Waals surface area contributed by atoms with Crippen LogP contribution in [0.4, 0.5) is 30.8 Å². The SMILES string of the molecule is CN1CC(c2cnc3c(N4CCOCC4)nc(-c4ccc(NC(=O)Nc5ccc(C(=O)N(C)C)cc5)c(F)c4F)nc3c2)C=N1. The first-order chi connectivity index (χ1) is 21.7. The van der Waals surface area contributed by atoms with Crippen LogP contribution in [-0.4, -0.2) is 97.0 Å². The van der Waals surface area contributed by atoms with Gasteiger partial charge in [0, 0.05) is 70.4 Å². The molecule has 4 aromatic rings. The second-order valence-electron chi connectivity index (χ2n) is 11.0. The van der Waals surface area contributed by atoms with Crippen LogP contribution in [0.3, 0.4) is 0 Å². The van der Waals surface area contributed by atoms with Crippen LogP contribution in [0.1, 0.15) is 21.8 Å². The number of nitrogens with one attached hydrogen (secondary N) is 2. The van der Waals surface area contributed by atoms with Crippen molar-refractivity contribution < 1.29 is 23.1 Å². The minimum absolute atomic E-state index is 0.0140. The molecule has 0 spiro atoms. The number of anilines is 3. The molecule has 0 aliphatic carbocycles. The van der Waals surface area contributed by atoms with Crippen molar-refractivity contribution in [2.24, 2.45) is 5.10 Å². The van der Waals surface area contributed by atoms with E-state index < -0.39 is 17.7 Å². The van der Waals surface area contributed by atoms with Gasteiger partial charge in [0.05, 0.1) is 30.0 Å². The van der Waals surface area contributed by atoms with Crippen LogP contribution in [-0.2, 0) is 4.74 Å². The number of amides is 3. The number of carbonyl (C=O) groups excluding carboxylic acids is 2. The van der Waals surface area contributed by atoms with Gasteiger partial charge in [-0.15, -0.1) is 0 Å². The highest BCUT2D eigenvalue weighted by molar-refractivity contribution is 6.00. The lowest BCUT2D eigenvalue weighted by Gasteiger charge is -2.28. The van der Waals surface area contributed by atoms with Crippen molar-refractivity contribution in [3.8, 4) is 11.4 Å². The van der Waals surface area contributed by atoms with E-state index in [4.69, 9.17) is 4.74 Å². The number of hydrazone groups is 1. The van der Waals surface area contributed by atoms with Crippen molar-refractivity contribution in [3.63, 3.8) is 0 Å². The van der Waals surface area contributed by atoms with Gasteiger partial charge in [0.25, 0.3) is 5.91 Å². The Labute approximate surface area is 257 Å². The summed E-state index contributed by atoms with van der Waals surface area (Å²) in [5.41, 5.74) is 2.20. The van der Waals surface area contributed by atoms with Crippen LogP contribution >= 0.6 is 0 Å². The molecule has 1 unspecified atom stereocenters. The number of ether oxygens (including phenoxy) is 1. The number of morpholine rings is 1. The summed E-state index contributed by atoms with van der Waals surface area (Å²) in [6.45, 7) is 2.78. The van der Waals surface area contributed by atoms with Crippen LogP contribution in [0, 0.1) is 11.6 Å². The lowest BCUT2D eigenvalue weighted by atomic mass is 10.0. The summed E-state index contributed by atoms with van der Waals surface area (Å²) in [4.78, 5) is 42.0. The Kier molecular flexibility index (Phi) is 8.22. The molecule has 1 atom stereocenters. The van der Waals surface area contributed by atoms with E-state index in [0.29, 0.717) is 61.0 Å². The molecule has 12 nitrogen and oxygen atoms in total. The van der Waals surface area contributed by atoms with Crippen molar-refractivity contribution in [2.75, 3.05) is 69.5 Å². The zero-order valence-corrected chi connectivity index (χ0v) is 24.9. The zero-order valence-electron chi connectivity index (χ0n) is 24.9. The van der Waals surface area contributed by atoms with Gasteiger partial charge < -0.3 is 25.2 Å². The monoisotopic (exact) mass is 615 g/mol. The number of benzene rings is 2. The Morgan fingerprint density at radius 2 is 1.76 bits per heavy atom. The summed E-state index contributed by atoms with van der Waals surface area (Å²) in [5, 5.41) is 11.0. The maximum Gasteiger partial charge on any atom is 0.323 e. The van der Waals surface area contributed by atoms with Gasteiger partial charge in [-0.1, -0.05) is 0 Å². The van der Waals surface area contributed by atoms with Gasteiger partial charge in [0.1, 0.15) is 5.52 Å². The van der Waals surface area contributed by atoms with Crippen molar-refractivity contribution in [3.05, 3.63) is 71.4 Å². The lowest BCUT2D eigenvalue weighted by Crippen LogP contribution is -2.37. The average molecular weight is 616 g/mol. The van der Waals surface area contributed by atoms with Crippen LogP contribution in [0.25, 0.3) is 22.4 Å². The van der Waals surface area contributed by atoms with Crippen molar-refractivity contribution >= 4 is 46.4 Å². The highest BCUT2D eigenvalue weighted by Gasteiger charge is 2.24. The number of halogens is 2. The van der Waals surface area contributed by atoms with E-state index >= 15 is 8.78 Å². The smallest absolute Gasteiger partial charge is 0.323 e. The lowest BCUT2D eigenvalue weighted by molar-refractivity contribution is 0.0827. The molecule has 3 amide bonds. The molecule has 0 saturated carbocycles. The van der Waals surface area contributed by atoms with E-state index in [2.05, 4.69) is 30.7 Å². The number of urea groups is 1. The highest BCUT2D eigenvalue weighted by Crippen LogP contribution is 2.32. The fourth-order valence-electron chi connectivity index (χ4n) is 5.16. The summed E-state index contributed by atoms with van der Waals surface area (Å²) in [6.07, 6.45) is 3.61. The summed E-state index contributed by atoms with van der Waals surface area (Å²) in [6, 6.07) is 9.87. The molecule has 1 fully saturated rings. The number of rotatable bonds is 6. The molecule has 0 radical (unpaired) electrons. The second-order valence-corrected chi connectivity index (χ2v) is 11.0. The predicted molar refractivity (Wildman–Crippen MR) is 167 cm³/mol. The molecular formula is C31H31F2N9O3. The average Bonchev–Trinajstić information content (AvgIpc) is 3.49. The fourth-order valence-corrected chi connectivity index (χ4v) is 5.16. The Morgan fingerprint density at radius 1 is 1.00 bits per heavy atom. The van der Waals surface area contributed by atoms with E-state index in [1.165, 1.54) is 29.2 Å². The first-order valence-corrected chi connectivity index (χ1v) is 14.3. The molecule has 2 aromatic carbocycles. The number of carbonyl (C=O) groups is 2. The third-order valence-corrected chi connectivity index (χ3v) is 7.55. The maximum atomic E-state index is 15.6. The number of aromatic nitrogens is 3. The van der Waals surface area contributed by atoms with Gasteiger partial charge in [-0.05, 0) is 48.0 Å². The number of likely N-dealkylation sites (N-methyl/N-ethyl adjacent to an activating group) is 1. The fraction of sp³-hybridized carbons (Fsp3) is 0.290. The number of fused-ring (bicyclic) bond motifs is 1. The van der Waals surface area contributed by atoms with Crippen molar-refractivity contribution in [1.29, 1.82) is 0 Å². The number of hydrogen-bond acceptors (Lipinski definition) is 9. The molecule has 45 heavy (non-hydrogen) atoms. The van der Waals surface area contributed by atoms with E-state index in [1.54, 1.807) is 32.4 Å². The molecule has 2 aromatic heterocycles. The molecule has 4 heterocycles. The van der Waals surface area contributed by atoms with Crippen LogP contribution in [0.2, 0.25) is 0 Å². The Bertz CT molecular complexity index is 1790. The summed E-state index contributed by atoms with van der Waals surface area (Å²) >= 11 is 0. The van der Waals surface area contributed by atoms with Crippen LogP contribution in [0.15, 0.2) is 53.8 Å². The molecule has 232 valence electrons. The molecular weight excluding hydrogens is 584 g/mol. The van der Waals surface area contributed by atoms with E-state index in [9.17, 15) is 9.59 Å². The summed E-state index contributed by atoms with van der Waals surface area (Å²) in [5.74, 6) is -2.16. The number of nitrogens with zero attached hydrogens (tertiary/aromatic N) is 7. The van der Waals surface area contributed by atoms with E-state index in [-0.39, 0.29) is 28.9 Å². The third kappa shape index (κ3) is 6.22. The summed E-state index contributed by atoms with van der Waals surface area (Å²) < 4.78 is 36.5. The van der Waals surface area contributed by atoms with Gasteiger partial charge in [0.2, 0.25) is 0 Å². The summed E-state index contributed by atoms with van der Waals surface area (Å²) in [7, 11) is 5.15. The second kappa shape index (κ2) is 12.4. The zero-order chi connectivity index (χ0) is 31.7. The van der Waals surface area contributed by atoms with Crippen LogP contribution in [0.5, 0.6) is 0 Å². The quantitative estimate of drug-likeness (QED) is 0.331. The van der Waals surface area contributed by atoms with Crippen LogP contribution < -0.4 is 15.5 Å². The largest absolute Gasteiger partial charge is 0.378 e. The maximum absolute atomic E-state index is 15.6. The molecule has 2 N–H and O–H groups in total. The van der Waals surface area contributed by atoms with Gasteiger partial charge >= 0.3 is 6.03 Å². The molecule has 6 rings (SSSR count). The number of pyridine rings is 1. The molecule has 0 bridgehead atoms. The topological polar surface area (TPSA) is 128 Å². The molecule has 2 aliphatic heterocycles.